The van der Waals surface area contributed by atoms with Gasteiger partial charge in [-0.1, -0.05) is 0 Å². The van der Waals surface area contributed by atoms with E-state index in [1.165, 1.54) is 0 Å². The number of pyridine rings is 1. The summed E-state index contributed by atoms with van der Waals surface area (Å²) in [6.45, 7) is 9.11. The molecule has 2 rings (SSSR count). The maximum absolute atomic E-state index is 12.0. The van der Waals surface area contributed by atoms with Crippen LogP contribution in [0.5, 0.6) is 5.88 Å². The predicted molar refractivity (Wildman–Crippen MR) is 70.9 cm³/mol. The van der Waals surface area contributed by atoms with Crippen LogP contribution in [0.2, 0.25) is 0 Å². The summed E-state index contributed by atoms with van der Waals surface area (Å²) in [5.41, 5.74) is 1.46. The minimum Gasteiger partial charge on any atom is -0.478 e. The normalized spacial score (nSPS) is 14.2. The van der Waals surface area contributed by atoms with E-state index in [1.807, 2.05) is 39.8 Å². The van der Waals surface area contributed by atoms with E-state index in [9.17, 15) is 4.79 Å². The van der Waals surface area contributed by atoms with E-state index in [1.54, 1.807) is 4.90 Å². The first kappa shape index (κ1) is 13.6. The Morgan fingerprint density at radius 2 is 2.11 bits per heavy atom. The van der Waals surface area contributed by atoms with Crippen LogP contribution in [0.3, 0.4) is 0 Å². The molecule has 0 spiro atoms. The lowest BCUT2D eigenvalue weighted by molar-refractivity contribution is 0.0240. The largest absolute Gasteiger partial charge is 0.478 e. The SMILES string of the molecule is CCOc1ccc2c(n1)CN(C(=O)OC(C)(C)C)C2. The summed E-state index contributed by atoms with van der Waals surface area (Å²) < 4.78 is 10.7. The van der Waals surface area contributed by atoms with E-state index >= 15 is 0 Å². The van der Waals surface area contributed by atoms with Crippen LogP contribution in [0.15, 0.2) is 12.1 Å². The number of hydrogen-bond acceptors (Lipinski definition) is 4. The van der Waals surface area contributed by atoms with Crippen LogP contribution in [0, 0.1) is 0 Å². The van der Waals surface area contributed by atoms with Gasteiger partial charge in [-0.25, -0.2) is 9.78 Å². The van der Waals surface area contributed by atoms with Gasteiger partial charge in [-0.15, -0.1) is 0 Å². The molecule has 19 heavy (non-hydrogen) atoms. The number of ether oxygens (including phenoxy) is 2. The van der Waals surface area contributed by atoms with Gasteiger partial charge in [0.15, 0.2) is 0 Å². The number of amides is 1. The molecule has 0 N–H and O–H groups in total. The van der Waals surface area contributed by atoms with Crippen molar-refractivity contribution < 1.29 is 14.3 Å². The van der Waals surface area contributed by atoms with Gasteiger partial charge in [-0.2, -0.15) is 0 Å². The second-order valence-corrected chi connectivity index (χ2v) is 5.52. The van der Waals surface area contributed by atoms with Crippen molar-refractivity contribution in [2.75, 3.05) is 6.61 Å². The fourth-order valence-corrected chi connectivity index (χ4v) is 1.92. The van der Waals surface area contributed by atoms with Crippen molar-refractivity contribution in [1.29, 1.82) is 0 Å². The van der Waals surface area contributed by atoms with Crippen LogP contribution in [0.4, 0.5) is 4.79 Å². The molecule has 104 valence electrons. The first-order valence-corrected chi connectivity index (χ1v) is 6.48. The summed E-state index contributed by atoms with van der Waals surface area (Å²) in [7, 11) is 0. The van der Waals surface area contributed by atoms with Crippen LogP contribution in [-0.2, 0) is 17.8 Å². The molecular weight excluding hydrogens is 244 g/mol. The monoisotopic (exact) mass is 264 g/mol. The quantitative estimate of drug-likeness (QED) is 0.824. The van der Waals surface area contributed by atoms with Crippen molar-refractivity contribution in [2.45, 2.75) is 46.4 Å². The maximum atomic E-state index is 12.0. The summed E-state index contributed by atoms with van der Waals surface area (Å²) >= 11 is 0. The summed E-state index contributed by atoms with van der Waals surface area (Å²) in [4.78, 5) is 18.0. The highest BCUT2D eigenvalue weighted by Gasteiger charge is 2.28. The van der Waals surface area contributed by atoms with E-state index < -0.39 is 5.60 Å². The van der Waals surface area contributed by atoms with E-state index in [4.69, 9.17) is 9.47 Å². The molecule has 5 heteroatoms. The van der Waals surface area contributed by atoms with Gasteiger partial charge >= 0.3 is 6.09 Å². The van der Waals surface area contributed by atoms with Gasteiger partial charge in [-0.05, 0) is 39.3 Å². The summed E-state index contributed by atoms with van der Waals surface area (Å²) in [6.07, 6.45) is -0.302. The van der Waals surface area contributed by atoms with Crippen LogP contribution in [0.1, 0.15) is 39.0 Å². The number of fused-ring (bicyclic) bond motifs is 1. The maximum Gasteiger partial charge on any atom is 0.410 e. The average Bonchev–Trinajstić information content (AvgIpc) is 2.70. The molecule has 1 aliphatic heterocycles. The minimum atomic E-state index is -0.476. The highest BCUT2D eigenvalue weighted by Crippen LogP contribution is 2.25. The van der Waals surface area contributed by atoms with Crippen molar-refractivity contribution >= 4 is 6.09 Å². The molecule has 1 aromatic rings. The zero-order valence-electron chi connectivity index (χ0n) is 11.9. The van der Waals surface area contributed by atoms with Gasteiger partial charge < -0.3 is 9.47 Å². The van der Waals surface area contributed by atoms with Crippen LogP contribution in [-0.4, -0.2) is 28.2 Å². The Morgan fingerprint density at radius 1 is 1.37 bits per heavy atom. The number of carbonyl (C=O) groups excluding carboxylic acids is 1. The van der Waals surface area contributed by atoms with Gasteiger partial charge in [0, 0.05) is 6.07 Å². The van der Waals surface area contributed by atoms with E-state index in [-0.39, 0.29) is 6.09 Å². The van der Waals surface area contributed by atoms with Crippen molar-refractivity contribution in [1.82, 2.24) is 9.88 Å². The number of rotatable bonds is 2. The van der Waals surface area contributed by atoms with E-state index in [2.05, 4.69) is 4.98 Å². The molecule has 1 aliphatic rings. The molecule has 0 unspecified atom stereocenters. The molecule has 0 saturated carbocycles. The smallest absolute Gasteiger partial charge is 0.410 e. The van der Waals surface area contributed by atoms with Crippen LogP contribution >= 0.6 is 0 Å². The molecular formula is C14H20N2O3. The molecule has 5 nitrogen and oxygen atoms in total. The fourth-order valence-electron chi connectivity index (χ4n) is 1.92. The molecule has 0 saturated heterocycles. The highest BCUT2D eigenvalue weighted by atomic mass is 16.6. The minimum absolute atomic E-state index is 0.302. The Bertz CT molecular complexity index is 480. The number of carbonyl (C=O) groups is 1. The zero-order chi connectivity index (χ0) is 14.0. The second-order valence-electron chi connectivity index (χ2n) is 5.52. The third-order valence-electron chi connectivity index (χ3n) is 2.69. The van der Waals surface area contributed by atoms with Gasteiger partial charge in [0.25, 0.3) is 0 Å². The average molecular weight is 264 g/mol. The Labute approximate surface area is 113 Å². The molecule has 0 radical (unpaired) electrons. The standard InChI is InChI=1S/C14H20N2O3/c1-5-18-12-7-6-10-8-16(9-11(10)15-12)13(17)19-14(2,3)4/h6-7H,5,8-9H2,1-4H3. The summed E-state index contributed by atoms with van der Waals surface area (Å²) in [6, 6.07) is 3.79. The van der Waals surface area contributed by atoms with Crippen LogP contribution < -0.4 is 4.74 Å². The third-order valence-corrected chi connectivity index (χ3v) is 2.69. The Kier molecular flexibility index (Phi) is 3.64. The first-order chi connectivity index (χ1) is 8.89. The Balaban J connectivity index is 2.05. The van der Waals surface area contributed by atoms with Crippen molar-refractivity contribution in [2.24, 2.45) is 0 Å². The first-order valence-electron chi connectivity index (χ1n) is 6.48. The second kappa shape index (κ2) is 5.07. The topological polar surface area (TPSA) is 51.7 Å². The third kappa shape index (κ3) is 3.36. The molecule has 1 amide bonds. The summed E-state index contributed by atoms with van der Waals surface area (Å²) in [5.74, 6) is 0.604. The van der Waals surface area contributed by atoms with Crippen molar-refractivity contribution in [3.05, 3.63) is 23.4 Å². The van der Waals surface area contributed by atoms with Gasteiger partial charge in [0.2, 0.25) is 5.88 Å². The molecule has 0 aromatic carbocycles. The lowest BCUT2D eigenvalue weighted by atomic mass is 10.2. The summed E-state index contributed by atoms with van der Waals surface area (Å²) in [5, 5.41) is 0. The molecule has 0 fully saturated rings. The Hall–Kier alpha value is -1.78. The predicted octanol–water partition coefficient (Wildman–Crippen LogP) is 2.73. The number of nitrogens with zero attached hydrogens (tertiary/aromatic N) is 2. The van der Waals surface area contributed by atoms with Gasteiger partial charge in [-0.3, -0.25) is 4.90 Å². The fraction of sp³-hybridized carbons (Fsp3) is 0.571. The lowest BCUT2D eigenvalue weighted by Crippen LogP contribution is -2.33. The molecule has 0 bridgehead atoms. The van der Waals surface area contributed by atoms with Crippen molar-refractivity contribution in [3.63, 3.8) is 0 Å². The zero-order valence-corrected chi connectivity index (χ0v) is 11.9. The van der Waals surface area contributed by atoms with Crippen LogP contribution in [0.25, 0.3) is 0 Å². The van der Waals surface area contributed by atoms with E-state index in [0.717, 1.165) is 11.3 Å². The molecule has 1 aromatic heterocycles. The Morgan fingerprint density at radius 3 is 2.74 bits per heavy atom. The van der Waals surface area contributed by atoms with E-state index in [0.29, 0.717) is 25.6 Å². The van der Waals surface area contributed by atoms with Crippen molar-refractivity contribution in [3.8, 4) is 5.88 Å². The highest BCUT2D eigenvalue weighted by molar-refractivity contribution is 5.69. The number of hydrogen-bond donors (Lipinski definition) is 0. The lowest BCUT2D eigenvalue weighted by Gasteiger charge is -2.23. The van der Waals surface area contributed by atoms with Gasteiger partial charge in [0.1, 0.15) is 5.60 Å². The molecule has 2 heterocycles. The van der Waals surface area contributed by atoms with Gasteiger partial charge in [0.05, 0.1) is 25.4 Å². The molecule has 0 aliphatic carbocycles. The number of aromatic nitrogens is 1. The molecule has 0 atom stereocenters.